The Hall–Kier alpha value is -2.16. The number of aromatic nitrogens is 1. The van der Waals surface area contributed by atoms with Crippen LogP contribution >= 0.6 is 0 Å². The van der Waals surface area contributed by atoms with Crippen molar-refractivity contribution in [3.8, 4) is 11.1 Å². The number of aryl methyl sites for hydroxylation is 2. The molecule has 0 unspecified atom stereocenters. The summed E-state index contributed by atoms with van der Waals surface area (Å²) in [5.41, 5.74) is 2.01. The Morgan fingerprint density at radius 3 is 2.70 bits per heavy atom. The molecule has 1 aromatic carbocycles. The Bertz CT molecular complexity index is 818. The van der Waals surface area contributed by atoms with E-state index in [9.17, 15) is 9.18 Å². The van der Waals surface area contributed by atoms with Crippen LogP contribution in [0.15, 0.2) is 29.2 Å². The van der Waals surface area contributed by atoms with Crippen molar-refractivity contribution in [1.82, 2.24) is 4.57 Å². The first kappa shape index (κ1) is 14.3. The van der Waals surface area contributed by atoms with Crippen LogP contribution in [0.5, 0.6) is 0 Å². The second kappa shape index (κ2) is 5.45. The first-order valence-electron chi connectivity index (χ1n) is 6.61. The summed E-state index contributed by atoms with van der Waals surface area (Å²) >= 11 is 0. The molecule has 1 aromatic heterocycles. The first-order chi connectivity index (χ1) is 9.45. The third-order valence-corrected chi connectivity index (χ3v) is 3.34. The highest BCUT2D eigenvalue weighted by molar-refractivity contribution is 5.65. The van der Waals surface area contributed by atoms with Gasteiger partial charge in [0.25, 0.3) is 5.56 Å². The number of nitrogens with zero attached hydrogens (tertiary/aromatic N) is 1. The van der Waals surface area contributed by atoms with Crippen LogP contribution < -0.4 is 16.0 Å². The first-order valence-corrected chi connectivity index (χ1v) is 6.61. The molecule has 20 heavy (non-hydrogen) atoms. The van der Waals surface area contributed by atoms with Gasteiger partial charge in [0, 0.05) is 29.6 Å². The molecule has 0 spiro atoms. The minimum Gasteiger partial charge on any atom is -0.317 e. The molecule has 0 N–H and O–H groups in total. The van der Waals surface area contributed by atoms with E-state index in [4.69, 9.17) is 0 Å². The predicted octanol–water partition coefficient (Wildman–Crippen LogP) is 2.10. The minimum atomic E-state index is -0.304. The molecule has 1 heterocycles. The van der Waals surface area contributed by atoms with E-state index < -0.39 is 0 Å². The van der Waals surface area contributed by atoms with Crippen LogP contribution in [0, 0.1) is 12.7 Å². The minimum absolute atomic E-state index is 0.103. The van der Waals surface area contributed by atoms with Crippen LogP contribution in [-0.2, 0) is 7.05 Å². The Morgan fingerprint density at radius 2 is 2.05 bits per heavy atom. The molecule has 3 heteroatoms. The molecule has 0 fully saturated rings. The van der Waals surface area contributed by atoms with Gasteiger partial charge in [-0.05, 0) is 30.7 Å². The largest absolute Gasteiger partial charge is 0.317 e. The van der Waals surface area contributed by atoms with Gasteiger partial charge in [-0.15, -0.1) is 0 Å². The fourth-order valence-electron chi connectivity index (χ4n) is 2.29. The molecular formula is C17H18FNO. The second-order valence-electron chi connectivity index (χ2n) is 4.95. The highest BCUT2D eigenvalue weighted by atomic mass is 19.1. The summed E-state index contributed by atoms with van der Waals surface area (Å²) < 4.78 is 15.5. The van der Waals surface area contributed by atoms with Gasteiger partial charge in [-0.1, -0.05) is 31.2 Å². The van der Waals surface area contributed by atoms with Crippen molar-refractivity contribution in [2.45, 2.75) is 20.3 Å². The van der Waals surface area contributed by atoms with E-state index in [1.807, 2.05) is 19.9 Å². The van der Waals surface area contributed by atoms with Gasteiger partial charge in [-0.2, -0.15) is 0 Å². The second-order valence-corrected chi connectivity index (χ2v) is 4.95. The highest BCUT2D eigenvalue weighted by Gasteiger charge is 2.09. The molecule has 2 rings (SSSR count). The van der Waals surface area contributed by atoms with Crippen molar-refractivity contribution >= 4 is 12.7 Å². The third-order valence-electron chi connectivity index (χ3n) is 3.34. The maximum absolute atomic E-state index is 14.1. The average Bonchev–Trinajstić information content (AvgIpc) is 2.42. The van der Waals surface area contributed by atoms with Gasteiger partial charge >= 0.3 is 0 Å². The van der Waals surface area contributed by atoms with Crippen molar-refractivity contribution in [2.75, 3.05) is 0 Å². The van der Waals surface area contributed by atoms with Crippen molar-refractivity contribution in [2.24, 2.45) is 7.05 Å². The third kappa shape index (κ3) is 2.44. The molecule has 0 saturated carbocycles. The molecule has 0 bridgehead atoms. The lowest BCUT2D eigenvalue weighted by Crippen LogP contribution is -2.44. The van der Waals surface area contributed by atoms with E-state index in [0.29, 0.717) is 21.6 Å². The smallest absolute Gasteiger partial charge is 0.257 e. The standard InChI is InChI=1S/C17H18FNO/c1-5-6-13-12(3)15(10-19(4)17(13)20)14-9-11(2)7-8-16(14)18/h6-10H,3,5H2,1-2,4H3/b13-6+. The Kier molecular flexibility index (Phi) is 3.89. The molecule has 0 amide bonds. The number of hydrogen-bond donors (Lipinski definition) is 0. The van der Waals surface area contributed by atoms with E-state index in [1.54, 1.807) is 25.4 Å². The van der Waals surface area contributed by atoms with Crippen molar-refractivity contribution in [3.05, 3.63) is 56.6 Å². The van der Waals surface area contributed by atoms with E-state index in [1.165, 1.54) is 10.6 Å². The van der Waals surface area contributed by atoms with Gasteiger partial charge < -0.3 is 4.57 Å². The summed E-state index contributed by atoms with van der Waals surface area (Å²) in [6.07, 6.45) is 4.22. The van der Waals surface area contributed by atoms with Crippen LogP contribution in [0.25, 0.3) is 23.8 Å². The molecule has 0 atom stereocenters. The Morgan fingerprint density at radius 1 is 1.35 bits per heavy atom. The normalized spacial score (nSPS) is 11.9. The van der Waals surface area contributed by atoms with Gasteiger partial charge in [0.1, 0.15) is 5.82 Å². The van der Waals surface area contributed by atoms with Crippen LogP contribution in [0.3, 0.4) is 0 Å². The van der Waals surface area contributed by atoms with E-state index >= 15 is 0 Å². The molecule has 0 aliphatic heterocycles. The predicted molar refractivity (Wildman–Crippen MR) is 81.3 cm³/mol. The number of halogens is 1. The maximum atomic E-state index is 14.1. The zero-order chi connectivity index (χ0) is 14.9. The molecule has 2 nitrogen and oxygen atoms in total. The van der Waals surface area contributed by atoms with Crippen LogP contribution in [0.1, 0.15) is 18.9 Å². The summed E-state index contributed by atoms with van der Waals surface area (Å²) in [5, 5.41) is 1.13. The fourth-order valence-corrected chi connectivity index (χ4v) is 2.29. The molecule has 0 saturated heterocycles. The summed E-state index contributed by atoms with van der Waals surface area (Å²) in [5.74, 6) is -0.304. The van der Waals surface area contributed by atoms with Crippen LogP contribution in [0.2, 0.25) is 0 Å². The number of hydrogen-bond acceptors (Lipinski definition) is 1. The fraction of sp³-hybridized carbons (Fsp3) is 0.235. The summed E-state index contributed by atoms with van der Waals surface area (Å²) in [7, 11) is 1.67. The summed E-state index contributed by atoms with van der Waals surface area (Å²) in [6, 6.07) is 4.95. The van der Waals surface area contributed by atoms with Crippen LogP contribution in [-0.4, -0.2) is 4.57 Å². The van der Waals surface area contributed by atoms with Crippen molar-refractivity contribution < 1.29 is 4.39 Å². The zero-order valence-electron chi connectivity index (χ0n) is 12.0. The molecule has 0 radical (unpaired) electrons. The average molecular weight is 271 g/mol. The molecule has 0 aliphatic rings. The van der Waals surface area contributed by atoms with Crippen molar-refractivity contribution in [1.29, 1.82) is 0 Å². The van der Waals surface area contributed by atoms with Gasteiger partial charge in [0.15, 0.2) is 0 Å². The molecule has 0 aliphatic carbocycles. The number of pyridine rings is 1. The summed E-state index contributed by atoms with van der Waals surface area (Å²) in [6.45, 7) is 7.84. The van der Waals surface area contributed by atoms with Crippen molar-refractivity contribution in [3.63, 3.8) is 0 Å². The lowest BCUT2D eigenvalue weighted by molar-refractivity contribution is 0.630. The van der Waals surface area contributed by atoms with Gasteiger partial charge in [-0.25, -0.2) is 4.39 Å². The SMILES string of the molecule is C=c1c(-c2cc(C)ccc2F)cn(C)c(=O)/c1=C/CC. The lowest BCUT2D eigenvalue weighted by atomic mass is 10.0. The van der Waals surface area contributed by atoms with Gasteiger partial charge in [-0.3, -0.25) is 4.79 Å². The molecule has 2 aromatic rings. The number of rotatable bonds is 2. The highest BCUT2D eigenvalue weighted by Crippen LogP contribution is 2.19. The van der Waals surface area contributed by atoms with Crippen LogP contribution in [0.4, 0.5) is 4.39 Å². The lowest BCUT2D eigenvalue weighted by Gasteiger charge is -2.08. The topological polar surface area (TPSA) is 22.0 Å². The summed E-state index contributed by atoms with van der Waals surface area (Å²) in [4.78, 5) is 12.1. The molecular weight excluding hydrogens is 253 g/mol. The quantitative estimate of drug-likeness (QED) is 0.820. The maximum Gasteiger partial charge on any atom is 0.257 e. The zero-order valence-corrected chi connectivity index (χ0v) is 12.0. The van der Waals surface area contributed by atoms with E-state index in [2.05, 4.69) is 6.58 Å². The van der Waals surface area contributed by atoms with E-state index in [0.717, 1.165) is 12.0 Å². The Balaban J connectivity index is 2.90. The van der Waals surface area contributed by atoms with Gasteiger partial charge in [0.05, 0.1) is 0 Å². The van der Waals surface area contributed by atoms with Gasteiger partial charge in [0.2, 0.25) is 0 Å². The Labute approximate surface area is 117 Å². The molecule has 104 valence electrons. The number of benzene rings is 1. The monoisotopic (exact) mass is 271 g/mol. The van der Waals surface area contributed by atoms with E-state index in [-0.39, 0.29) is 11.4 Å².